The van der Waals surface area contributed by atoms with Gasteiger partial charge in [-0.25, -0.2) is 0 Å². The number of aliphatic hydroxyl groups excluding tert-OH is 1. The molecule has 1 N–H and O–H groups in total. The SMILES string of the molecule is CC[C](O)Cc1ccccc1. The molecule has 0 spiro atoms. The summed E-state index contributed by atoms with van der Waals surface area (Å²) in [5, 5.41) is 9.23. The van der Waals surface area contributed by atoms with Gasteiger partial charge in [0, 0.05) is 6.42 Å². The maximum absolute atomic E-state index is 9.23. The van der Waals surface area contributed by atoms with Crippen molar-refractivity contribution in [2.75, 3.05) is 0 Å². The van der Waals surface area contributed by atoms with Crippen LogP contribution in [0.4, 0.5) is 0 Å². The Morgan fingerprint density at radius 3 is 2.45 bits per heavy atom. The quantitative estimate of drug-likeness (QED) is 0.700. The molecule has 0 amide bonds. The molecule has 59 valence electrons. The van der Waals surface area contributed by atoms with E-state index in [1.807, 2.05) is 37.3 Å². The summed E-state index contributed by atoms with van der Waals surface area (Å²) in [6.07, 6.45) is 1.99. The van der Waals surface area contributed by atoms with Gasteiger partial charge in [-0.1, -0.05) is 37.3 Å². The molecule has 0 aliphatic carbocycles. The van der Waals surface area contributed by atoms with E-state index in [0.29, 0.717) is 12.5 Å². The molecule has 0 fully saturated rings. The zero-order valence-corrected chi connectivity index (χ0v) is 6.75. The maximum Gasteiger partial charge on any atom is 0.0973 e. The Hall–Kier alpha value is -0.820. The molecule has 0 saturated carbocycles. The van der Waals surface area contributed by atoms with Crippen LogP contribution in [0.2, 0.25) is 0 Å². The normalized spacial score (nSPS) is 10.5. The highest BCUT2D eigenvalue weighted by Gasteiger charge is 2.01. The predicted octanol–water partition coefficient (Wildman–Crippen LogP) is 2.54. The lowest BCUT2D eigenvalue weighted by molar-refractivity contribution is 0.284. The van der Waals surface area contributed by atoms with Crippen LogP contribution in [0.5, 0.6) is 0 Å². The van der Waals surface area contributed by atoms with Crippen LogP contribution in [0.15, 0.2) is 30.3 Å². The maximum atomic E-state index is 9.23. The molecular weight excluding hydrogens is 136 g/mol. The summed E-state index contributed by atoms with van der Waals surface area (Å²) in [6, 6.07) is 9.99. The monoisotopic (exact) mass is 149 g/mol. The number of aliphatic hydroxyl groups is 1. The average molecular weight is 149 g/mol. The molecule has 0 unspecified atom stereocenters. The van der Waals surface area contributed by atoms with Crippen LogP contribution >= 0.6 is 0 Å². The second-order valence-corrected chi connectivity index (χ2v) is 2.58. The molecule has 1 nitrogen and oxygen atoms in total. The van der Waals surface area contributed by atoms with E-state index in [0.717, 1.165) is 6.42 Å². The largest absolute Gasteiger partial charge is 0.387 e. The van der Waals surface area contributed by atoms with Crippen LogP contribution in [0, 0.1) is 6.10 Å². The third kappa shape index (κ3) is 2.72. The zero-order chi connectivity index (χ0) is 8.10. The van der Waals surface area contributed by atoms with Gasteiger partial charge < -0.3 is 5.11 Å². The summed E-state index contributed by atoms with van der Waals surface area (Å²) in [6.45, 7) is 1.96. The molecule has 0 bridgehead atoms. The molecule has 0 aromatic heterocycles. The lowest BCUT2D eigenvalue weighted by Crippen LogP contribution is -1.97. The molecule has 0 saturated heterocycles. The predicted molar refractivity (Wildman–Crippen MR) is 45.6 cm³/mol. The number of hydrogen-bond acceptors (Lipinski definition) is 1. The second kappa shape index (κ2) is 4.14. The topological polar surface area (TPSA) is 20.2 Å². The van der Waals surface area contributed by atoms with Crippen molar-refractivity contribution >= 4 is 0 Å². The van der Waals surface area contributed by atoms with Gasteiger partial charge in [0.1, 0.15) is 0 Å². The van der Waals surface area contributed by atoms with Crippen LogP contribution < -0.4 is 0 Å². The summed E-state index contributed by atoms with van der Waals surface area (Å²) < 4.78 is 0. The van der Waals surface area contributed by atoms with Gasteiger partial charge in [0.2, 0.25) is 0 Å². The molecule has 0 aliphatic heterocycles. The van der Waals surface area contributed by atoms with E-state index < -0.39 is 0 Å². The van der Waals surface area contributed by atoms with Crippen molar-refractivity contribution in [3.63, 3.8) is 0 Å². The summed E-state index contributed by atoms with van der Waals surface area (Å²) in [7, 11) is 0. The highest BCUT2D eigenvalue weighted by atomic mass is 16.3. The van der Waals surface area contributed by atoms with Crippen LogP contribution in [0.1, 0.15) is 18.9 Å². The van der Waals surface area contributed by atoms with Crippen molar-refractivity contribution in [1.82, 2.24) is 0 Å². The molecule has 11 heavy (non-hydrogen) atoms. The minimum atomic E-state index is 0.552. The van der Waals surface area contributed by atoms with Crippen LogP contribution in [-0.2, 0) is 6.42 Å². The van der Waals surface area contributed by atoms with Crippen molar-refractivity contribution < 1.29 is 5.11 Å². The van der Waals surface area contributed by atoms with Crippen LogP contribution in [-0.4, -0.2) is 5.11 Å². The molecule has 0 heterocycles. The minimum Gasteiger partial charge on any atom is -0.387 e. The molecule has 1 aromatic carbocycles. The number of rotatable bonds is 3. The van der Waals surface area contributed by atoms with E-state index >= 15 is 0 Å². The Morgan fingerprint density at radius 1 is 1.27 bits per heavy atom. The molecule has 0 atom stereocenters. The summed E-state index contributed by atoms with van der Waals surface area (Å²) in [5.41, 5.74) is 1.17. The molecule has 1 rings (SSSR count). The van der Waals surface area contributed by atoms with Gasteiger partial charge >= 0.3 is 0 Å². The Bertz CT molecular complexity index is 193. The van der Waals surface area contributed by atoms with Crippen molar-refractivity contribution in [3.05, 3.63) is 42.0 Å². The number of hydrogen-bond donors (Lipinski definition) is 1. The molecule has 1 heteroatoms. The summed E-state index contributed by atoms with van der Waals surface area (Å²) >= 11 is 0. The lowest BCUT2D eigenvalue weighted by Gasteiger charge is -2.04. The average Bonchev–Trinajstić information content (AvgIpc) is 2.06. The van der Waals surface area contributed by atoms with E-state index in [1.165, 1.54) is 5.56 Å². The van der Waals surface area contributed by atoms with Crippen molar-refractivity contribution in [1.29, 1.82) is 0 Å². The van der Waals surface area contributed by atoms with Gasteiger partial charge in [-0.15, -0.1) is 0 Å². The van der Waals surface area contributed by atoms with E-state index in [9.17, 15) is 5.11 Å². The highest BCUT2D eigenvalue weighted by Crippen LogP contribution is 2.09. The van der Waals surface area contributed by atoms with E-state index in [1.54, 1.807) is 0 Å². The molecule has 1 radical (unpaired) electrons. The van der Waals surface area contributed by atoms with Gasteiger partial charge in [-0.2, -0.15) is 0 Å². The Balaban J connectivity index is 2.51. The standard InChI is InChI=1S/C10H13O/c1-2-10(11)8-9-6-4-3-5-7-9/h3-7,11H,2,8H2,1H3. The summed E-state index contributed by atoms with van der Waals surface area (Å²) in [5.74, 6) is 0. The zero-order valence-electron chi connectivity index (χ0n) is 6.75. The third-order valence-electron chi connectivity index (χ3n) is 1.66. The van der Waals surface area contributed by atoms with Crippen LogP contribution in [0.25, 0.3) is 0 Å². The summed E-state index contributed by atoms with van der Waals surface area (Å²) in [4.78, 5) is 0. The fourth-order valence-corrected chi connectivity index (χ4v) is 0.956. The highest BCUT2D eigenvalue weighted by molar-refractivity contribution is 5.17. The van der Waals surface area contributed by atoms with Gasteiger partial charge in [0.15, 0.2) is 0 Å². The van der Waals surface area contributed by atoms with Gasteiger partial charge in [0.25, 0.3) is 0 Å². The van der Waals surface area contributed by atoms with Gasteiger partial charge in [-0.05, 0) is 12.0 Å². The lowest BCUT2D eigenvalue weighted by atomic mass is 10.1. The van der Waals surface area contributed by atoms with Gasteiger partial charge in [-0.3, -0.25) is 0 Å². The van der Waals surface area contributed by atoms with Crippen molar-refractivity contribution in [2.45, 2.75) is 19.8 Å². The number of benzene rings is 1. The molecular formula is C10H13O. The Morgan fingerprint density at radius 2 is 1.91 bits per heavy atom. The van der Waals surface area contributed by atoms with Crippen molar-refractivity contribution in [3.8, 4) is 0 Å². The Labute approximate surface area is 67.7 Å². The smallest absolute Gasteiger partial charge is 0.0973 e. The first-order valence-electron chi connectivity index (χ1n) is 3.90. The molecule has 0 aliphatic rings. The van der Waals surface area contributed by atoms with Gasteiger partial charge in [0.05, 0.1) is 6.10 Å². The fraction of sp³-hybridized carbons (Fsp3) is 0.300. The first kappa shape index (κ1) is 8.28. The Kier molecular flexibility index (Phi) is 3.12. The second-order valence-electron chi connectivity index (χ2n) is 2.58. The van der Waals surface area contributed by atoms with E-state index in [-0.39, 0.29) is 0 Å². The first-order valence-corrected chi connectivity index (χ1v) is 3.90. The first-order chi connectivity index (χ1) is 5.33. The minimum absolute atomic E-state index is 0.552. The van der Waals surface area contributed by atoms with Crippen molar-refractivity contribution in [2.24, 2.45) is 0 Å². The fourth-order valence-electron chi connectivity index (χ4n) is 0.956. The van der Waals surface area contributed by atoms with E-state index in [4.69, 9.17) is 0 Å². The van der Waals surface area contributed by atoms with Crippen LogP contribution in [0.3, 0.4) is 0 Å². The molecule has 1 aromatic rings. The van der Waals surface area contributed by atoms with E-state index in [2.05, 4.69) is 0 Å². The third-order valence-corrected chi connectivity index (χ3v) is 1.66.